The largest absolute Gasteiger partial charge is 0.508 e. The van der Waals surface area contributed by atoms with E-state index in [0.717, 1.165) is 38.5 Å². The van der Waals surface area contributed by atoms with Crippen LogP contribution in [0, 0.1) is 11.8 Å². The van der Waals surface area contributed by atoms with E-state index in [2.05, 4.69) is 6.92 Å². The lowest BCUT2D eigenvalue weighted by Gasteiger charge is -2.42. The molecule has 5 nitrogen and oxygen atoms in total. The molecular weight excluding hydrogens is 320 g/mol. The van der Waals surface area contributed by atoms with Crippen LogP contribution in [0.2, 0.25) is 0 Å². The van der Waals surface area contributed by atoms with Crippen LogP contribution >= 0.6 is 0 Å². The highest BCUT2D eigenvalue weighted by Gasteiger charge is 2.71. The zero-order valence-corrected chi connectivity index (χ0v) is 15.4. The first kappa shape index (κ1) is 19.8. The fourth-order valence-corrected chi connectivity index (χ4v) is 4.67. The number of rotatable bonds is 9. The van der Waals surface area contributed by atoms with Crippen molar-refractivity contribution in [2.45, 2.75) is 82.8 Å². The van der Waals surface area contributed by atoms with E-state index in [9.17, 15) is 20.1 Å². The third kappa shape index (κ3) is 3.43. The standard InChI is InChI=1S/C20H32O5/c1-3-5-6-7-8-11-17(21)20(25-13-4-2)16(18(22)23)14-15-10-9-12-19(15,20)24/h4,11,13,15-16,21,24H,3,5-10,12,14H2,1-2H3,(H,22,23)/b13-4+,17-11?/t15-,16-,19-,20+/m0/s1. The Morgan fingerprint density at radius 1 is 1.28 bits per heavy atom. The van der Waals surface area contributed by atoms with E-state index in [4.69, 9.17) is 4.74 Å². The number of hydrogen-bond donors (Lipinski definition) is 3. The van der Waals surface area contributed by atoms with Crippen LogP contribution in [0.1, 0.15) is 71.6 Å². The third-order valence-electron chi connectivity index (χ3n) is 5.90. The summed E-state index contributed by atoms with van der Waals surface area (Å²) < 4.78 is 5.84. The Morgan fingerprint density at radius 3 is 2.68 bits per heavy atom. The van der Waals surface area contributed by atoms with E-state index in [0.29, 0.717) is 19.3 Å². The van der Waals surface area contributed by atoms with Gasteiger partial charge < -0.3 is 20.1 Å². The molecule has 142 valence electrons. The minimum Gasteiger partial charge on any atom is -0.508 e. The summed E-state index contributed by atoms with van der Waals surface area (Å²) in [4.78, 5) is 11.9. The van der Waals surface area contributed by atoms with Gasteiger partial charge in [0.2, 0.25) is 5.60 Å². The Labute approximate surface area is 150 Å². The molecule has 2 aliphatic rings. The molecule has 5 heteroatoms. The molecule has 0 aromatic rings. The van der Waals surface area contributed by atoms with Crippen LogP contribution in [0.25, 0.3) is 0 Å². The molecule has 2 aliphatic carbocycles. The van der Waals surface area contributed by atoms with Crippen molar-refractivity contribution in [3.63, 3.8) is 0 Å². The molecule has 0 heterocycles. The highest BCUT2D eigenvalue weighted by Crippen LogP contribution is 2.60. The molecule has 3 N–H and O–H groups in total. The summed E-state index contributed by atoms with van der Waals surface area (Å²) >= 11 is 0. The van der Waals surface area contributed by atoms with Gasteiger partial charge in [0.05, 0.1) is 6.26 Å². The van der Waals surface area contributed by atoms with Gasteiger partial charge in [0, 0.05) is 0 Å². The molecule has 2 saturated carbocycles. The van der Waals surface area contributed by atoms with Crippen molar-refractivity contribution in [3.05, 3.63) is 24.2 Å². The lowest BCUT2D eigenvalue weighted by Crippen LogP contribution is -2.58. The SMILES string of the molecule is C/C=C/O[C@@]1(C(O)=CCCCCCC)[C@H](C(=O)O)C[C@@H]2CCC[C@]21O. The summed E-state index contributed by atoms with van der Waals surface area (Å²) in [6, 6.07) is 0. The lowest BCUT2D eigenvalue weighted by atomic mass is 9.76. The molecule has 0 amide bonds. The number of aliphatic hydroxyl groups excluding tert-OH is 1. The van der Waals surface area contributed by atoms with Crippen molar-refractivity contribution in [2.24, 2.45) is 11.8 Å². The zero-order chi connectivity index (χ0) is 18.5. The Kier molecular flexibility index (Phi) is 6.55. The Hall–Kier alpha value is -1.49. The number of carboxylic acids is 1. The second-order valence-corrected chi connectivity index (χ2v) is 7.40. The van der Waals surface area contributed by atoms with E-state index in [1.54, 1.807) is 19.1 Å². The van der Waals surface area contributed by atoms with Gasteiger partial charge in [-0.3, -0.25) is 4.79 Å². The topological polar surface area (TPSA) is 87.0 Å². The zero-order valence-electron chi connectivity index (χ0n) is 15.4. The monoisotopic (exact) mass is 352 g/mol. The Bertz CT molecular complexity index is 526. The first-order valence-electron chi connectivity index (χ1n) is 9.57. The first-order valence-corrected chi connectivity index (χ1v) is 9.57. The predicted octanol–water partition coefficient (Wildman–Crippen LogP) is 4.32. The van der Waals surface area contributed by atoms with Gasteiger partial charge in [-0.05, 0) is 51.0 Å². The molecule has 25 heavy (non-hydrogen) atoms. The molecule has 0 unspecified atom stereocenters. The molecule has 0 bridgehead atoms. The van der Waals surface area contributed by atoms with E-state index in [1.807, 2.05) is 0 Å². The molecule has 2 fully saturated rings. The third-order valence-corrected chi connectivity index (χ3v) is 5.90. The molecule has 2 rings (SSSR count). The molecule has 0 aromatic carbocycles. The number of carbonyl (C=O) groups is 1. The maximum Gasteiger partial charge on any atom is 0.311 e. The Balaban J connectivity index is 2.36. The van der Waals surface area contributed by atoms with Gasteiger partial charge in [0.15, 0.2) is 0 Å². The normalized spacial score (nSPS) is 35.2. The fourth-order valence-electron chi connectivity index (χ4n) is 4.67. The summed E-state index contributed by atoms with van der Waals surface area (Å²) in [5, 5.41) is 32.0. The second kappa shape index (κ2) is 8.26. The van der Waals surface area contributed by atoms with E-state index in [1.165, 1.54) is 6.26 Å². The van der Waals surface area contributed by atoms with Gasteiger partial charge in [-0.2, -0.15) is 0 Å². The highest BCUT2D eigenvalue weighted by atomic mass is 16.5. The molecule has 0 spiro atoms. The van der Waals surface area contributed by atoms with Gasteiger partial charge in [0.1, 0.15) is 17.3 Å². The minimum atomic E-state index is -1.59. The second-order valence-electron chi connectivity index (χ2n) is 7.40. The number of aliphatic carboxylic acids is 1. The fraction of sp³-hybridized carbons (Fsp3) is 0.750. The molecule has 0 radical (unpaired) electrons. The number of hydrogen-bond acceptors (Lipinski definition) is 4. The van der Waals surface area contributed by atoms with Crippen molar-refractivity contribution in [1.82, 2.24) is 0 Å². The van der Waals surface area contributed by atoms with Crippen LogP contribution < -0.4 is 0 Å². The van der Waals surface area contributed by atoms with Crippen LogP contribution in [0.4, 0.5) is 0 Å². The van der Waals surface area contributed by atoms with Crippen molar-refractivity contribution in [1.29, 1.82) is 0 Å². The minimum absolute atomic E-state index is 0.124. The molecule has 0 saturated heterocycles. The van der Waals surface area contributed by atoms with Crippen LogP contribution in [-0.2, 0) is 9.53 Å². The summed E-state index contributed by atoms with van der Waals surface area (Å²) in [7, 11) is 0. The predicted molar refractivity (Wildman–Crippen MR) is 96.1 cm³/mol. The summed E-state index contributed by atoms with van der Waals surface area (Å²) in [5.41, 5.74) is -2.92. The number of unbranched alkanes of at least 4 members (excludes halogenated alkanes) is 4. The van der Waals surface area contributed by atoms with Crippen molar-refractivity contribution < 1.29 is 24.9 Å². The molecular formula is C20H32O5. The number of ether oxygens (including phenoxy) is 1. The molecule has 0 aliphatic heterocycles. The average molecular weight is 352 g/mol. The van der Waals surface area contributed by atoms with Crippen molar-refractivity contribution in [3.8, 4) is 0 Å². The molecule has 4 atom stereocenters. The van der Waals surface area contributed by atoms with E-state index < -0.39 is 23.1 Å². The average Bonchev–Trinajstić information content (AvgIpc) is 3.06. The maximum atomic E-state index is 11.9. The lowest BCUT2D eigenvalue weighted by molar-refractivity contribution is -0.175. The molecule has 0 aromatic heterocycles. The van der Waals surface area contributed by atoms with Gasteiger partial charge in [-0.1, -0.05) is 38.7 Å². The summed E-state index contributed by atoms with van der Waals surface area (Å²) in [6.45, 7) is 3.90. The highest BCUT2D eigenvalue weighted by molar-refractivity contribution is 5.74. The summed E-state index contributed by atoms with van der Waals surface area (Å²) in [5.74, 6) is -2.26. The number of carboxylic acid groups (broad SMARTS) is 1. The smallest absolute Gasteiger partial charge is 0.311 e. The van der Waals surface area contributed by atoms with E-state index in [-0.39, 0.29) is 11.7 Å². The Morgan fingerprint density at radius 2 is 2.04 bits per heavy atom. The number of allylic oxidation sites excluding steroid dienone is 2. The van der Waals surface area contributed by atoms with Crippen molar-refractivity contribution in [2.75, 3.05) is 0 Å². The van der Waals surface area contributed by atoms with Gasteiger partial charge in [-0.25, -0.2) is 0 Å². The maximum absolute atomic E-state index is 11.9. The van der Waals surface area contributed by atoms with Crippen LogP contribution in [0.5, 0.6) is 0 Å². The van der Waals surface area contributed by atoms with Crippen LogP contribution in [-0.4, -0.2) is 32.5 Å². The quantitative estimate of drug-likeness (QED) is 0.425. The number of fused-ring (bicyclic) bond motifs is 1. The summed E-state index contributed by atoms with van der Waals surface area (Å²) in [6.07, 6.45) is 12.0. The van der Waals surface area contributed by atoms with Gasteiger partial charge in [0.25, 0.3) is 0 Å². The first-order chi connectivity index (χ1) is 11.9. The van der Waals surface area contributed by atoms with Crippen molar-refractivity contribution >= 4 is 5.97 Å². The van der Waals surface area contributed by atoms with Gasteiger partial charge in [-0.15, -0.1) is 0 Å². The van der Waals surface area contributed by atoms with Gasteiger partial charge >= 0.3 is 5.97 Å². The van der Waals surface area contributed by atoms with E-state index >= 15 is 0 Å². The van der Waals surface area contributed by atoms with Crippen LogP contribution in [0.15, 0.2) is 24.2 Å². The number of aliphatic hydroxyl groups is 2. The van der Waals surface area contributed by atoms with Crippen LogP contribution in [0.3, 0.4) is 0 Å².